The van der Waals surface area contributed by atoms with Crippen molar-refractivity contribution in [2.75, 3.05) is 6.61 Å². The van der Waals surface area contributed by atoms with Crippen molar-refractivity contribution in [3.8, 4) is 0 Å². The zero-order chi connectivity index (χ0) is 21.4. The molecule has 1 fully saturated rings. The molecule has 3 atom stereocenters. The van der Waals surface area contributed by atoms with Gasteiger partial charge in [-0.05, 0) is 44.7 Å². The van der Waals surface area contributed by atoms with Crippen LogP contribution in [0, 0.1) is 5.92 Å². The van der Waals surface area contributed by atoms with Crippen LogP contribution in [0.15, 0.2) is 60.7 Å². The van der Waals surface area contributed by atoms with Gasteiger partial charge in [0.05, 0.1) is 25.9 Å². The number of hydrogen-bond acceptors (Lipinski definition) is 4. The van der Waals surface area contributed by atoms with Crippen LogP contribution in [0.5, 0.6) is 0 Å². The first-order valence-corrected chi connectivity index (χ1v) is 10.7. The summed E-state index contributed by atoms with van der Waals surface area (Å²) in [5.41, 5.74) is 1.79. The highest BCUT2D eigenvalue weighted by Gasteiger charge is 2.36. The first kappa shape index (κ1) is 22.3. The van der Waals surface area contributed by atoms with Gasteiger partial charge in [-0.3, -0.25) is 0 Å². The number of hydrogen-bond donors (Lipinski definition) is 1. The highest BCUT2D eigenvalue weighted by Crippen LogP contribution is 2.30. The van der Waals surface area contributed by atoms with Gasteiger partial charge < -0.3 is 19.5 Å². The highest BCUT2D eigenvalue weighted by molar-refractivity contribution is 5.68. The van der Waals surface area contributed by atoms with Gasteiger partial charge in [0.15, 0.2) is 0 Å². The Balaban J connectivity index is 1.55. The van der Waals surface area contributed by atoms with Gasteiger partial charge in [0.2, 0.25) is 0 Å². The third kappa shape index (κ3) is 7.47. The van der Waals surface area contributed by atoms with E-state index in [1.165, 1.54) is 0 Å². The Hall–Kier alpha value is -2.37. The molecule has 1 unspecified atom stereocenters. The summed E-state index contributed by atoms with van der Waals surface area (Å²) in [4.78, 5) is 12.2. The summed E-state index contributed by atoms with van der Waals surface area (Å²) in [6.45, 7) is 7.33. The van der Waals surface area contributed by atoms with E-state index in [9.17, 15) is 4.79 Å². The van der Waals surface area contributed by atoms with Crippen molar-refractivity contribution in [2.45, 2.75) is 64.6 Å². The molecule has 2 aromatic carbocycles. The van der Waals surface area contributed by atoms with E-state index in [1.807, 2.05) is 57.2 Å². The van der Waals surface area contributed by atoms with Gasteiger partial charge in [0, 0.05) is 12.0 Å². The van der Waals surface area contributed by atoms with E-state index in [2.05, 4.69) is 29.6 Å². The van der Waals surface area contributed by atoms with Crippen LogP contribution in [0.4, 0.5) is 4.79 Å². The summed E-state index contributed by atoms with van der Waals surface area (Å²) >= 11 is 0. The molecular formula is C25H33NO4. The Kier molecular flexibility index (Phi) is 7.88. The Morgan fingerprint density at radius 3 is 2.13 bits per heavy atom. The smallest absolute Gasteiger partial charge is 0.407 e. The van der Waals surface area contributed by atoms with E-state index in [4.69, 9.17) is 14.2 Å². The minimum absolute atomic E-state index is 0.0194. The summed E-state index contributed by atoms with van der Waals surface area (Å²) in [6, 6.07) is 20.3. The second kappa shape index (κ2) is 10.6. The van der Waals surface area contributed by atoms with Crippen LogP contribution in [0.3, 0.4) is 0 Å². The van der Waals surface area contributed by atoms with Crippen LogP contribution in [0.2, 0.25) is 0 Å². The van der Waals surface area contributed by atoms with Gasteiger partial charge >= 0.3 is 6.09 Å². The van der Waals surface area contributed by atoms with Crippen molar-refractivity contribution in [1.82, 2.24) is 5.32 Å². The molecule has 5 nitrogen and oxygen atoms in total. The molecule has 0 aromatic heterocycles. The van der Waals surface area contributed by atoms with Crippen LogP contribution in [0.25, 0.3) is 0 Å². The Bertz CT molecular complexity index is 773. The Labute approximate surface area is 179 Å². The van der Waals surface area contributed by atoms with Crippen molar-refractivity contribution in [1.29, 1.82) is 0 Å². The van der Waals surface area contributed by atoms with Gasteiger partial charge in [0.25, 0.3) is 0 Å². The van der Waals surface area contributed by atoms with E-state index in [0.717, 1.165) is 24.0 Å². The van der Waals surface area contributed by atoms with Crippen LogP contribution in [0.1, 0.15) is 44.7 Å². The summed E-state index contributed by atoms with van der Waals surface area (Å²) < 4.78 is 17.7. The Morgan fingerprint density at radius 1 is 0.933 bits per heavy atom. The second-order valence-corrected chi connectivity index (χ2v) is 8.91. The maximum absolute atomic E-state index is 12.2. The van der Waals surface area contributed by atoms with Gasteiger partial charge in [-0.25, -0.2) is 4.79 Å². The van der Waals surface area contributed by atoms with Crippen LogP contribution >= 0.6 is 0 Å². The molecule has 3 rings (SSSR count). The lowest BCUT2D eigenvalue weighted by Gasteiger charge is -2.21. The summed E-state index contributed by atoms with van der Waals surface area (Å²) in [6.07, 6.45) is 1.22. The highest BCUT2D eigenvalue weighted by atomic mass is 16.6. The van der Waals surface area contributed by atoms with Gasteiger partial charge in [-0.2, -0.15) is 0 Å². The van der Waals surface area contributed by atoms with E-state index < -0.39 is 5.60 Å². The molecule has 0 radical (unpaired) electrons. The summed E-state index contributed by atoms with van der Waals surface area (Å²) in [7, 11) is 0. The zero-order valence-electron chi connectivity index (χ0n) is 18.2. The number of alkyl carbamates (subject to hydrolysis) is 1. The molecule has 1 aliphatic carbocycles. The first-order chi connectivity index (χ1) is 14.4. The lowest BCUT2D eigenvalue weighted by Crippen LogP contribution is -2.38. The number of rotatable bonds is 8. The maximum Gasteiger partial charge on any atom is 0.407 e. The molecule has 2 aromatic rings. The fourth-order valence-electron chi connectivity index (χ4n) is 3.74. The number of amides is 1. The molecule has 1 N–H and O–H groups in total. The number of benzene rings is 2. The van der Waals surface area contributed by atoms with Crippen LogP contribution in [-0.2, 0) is 27.4 Å². The van der Waals surface area contributed by atoms with Crippen molar-refractivity contribution < 1.29 is 19.0 Å². The summed E-state index contributed by atoms with van der Waals surface area (Å²) in [5, 5.41) is 3.00. The lowest BCUT2D eigenvalue weighted by atomic mass is 10.1. The summed E-state index contributed by atoms with van der Waals surface area (Å²) in [5.74, 6) is 0.220. The minimum Gasteiger partial charge on any atom is -0.444 e. The van der Waals surface area contributed by atoms with E-state index in [-0.39, 0.29) is 24.2 Å². The molecule has 162 valence electrons. The molecule has 0 heterocycles. The molecule has 30 heavy (non-hydrogen) atoms. The zero-order valence-corrected chi connectivity index (χ0v) is 18.2. The van der Waals surface area contributed by atoms with E-state index >= 15 is 0 Å². The van der Waals surface area contributed by atoms with Crippen molar-refractivity contribution in [3.63, 3.8) is 0 Å². The average Bonchev–Trinajstić information content (AvgIpc) is 3.08. The van der Waals surface area contributed by atoms with Gasteiger partial charge in [-0.1, -0.05) is 60.7 Å². The van der Waals surface area contributed by atoms with Crippen molar-refractivity contribution in [2.24, 2.45) is 5.92 Å². The van der Waals surface area contributed by atoms with Crippen LogP contribution in [-0.4, -0.2) is 30.4 Å². The third-order valence-electron chi connectivity index (χ3n) is 5.10. The number of ether oxygens (including phenoxy) is 3. The third-order valence-corrected chi connectivity index (χ3v) is 5.10. The maximum atomic E-state index is 12.2. The quantitative estimate of drug-likeness (QED) is 0.657. The molecule has 1 saturated carbocycles. The number of carbonyl (C=O) groups excluding carboxylic acids is 1. The normalized spacial score (nSPS) is 21.4. The monoisotopic (exact) mass is 411 g/mol. The predicted octanol–water partition coefficient (Wildman–Crippen LogP) is 5.09. The second-order valence-electron chi connectivity index (χ2n) is 8.91. The molecule has 5 heteroatoms. The number of nitrogens with one attached hydrogen (secondary N) is 1. The standard InChI is InChI=1S/C25H33NO4/c1-25(2,3)30-24(27)26-22-14-21(18-28-16-19-10-6-4-7-11-19)23(15-22)29-17-20-12-8-5-9-13-20/h4-13,21-23H,14-18H2,1-3H3,(H,26,27)/t21-,22-,23?/m1/s1. The molecule has 0 bridgehead atoms. The molecule has 1 amide bonds. The number of carbonyl (C=O) groups is 1. The minimum atomic E-state index is -0.510. The SMILES string of the molecule is CC(C)(C)OC(=O)N[C@H]1CC(OCc2ccccc2)[C@@H](COCc2ccccc2)C1. The lowest BCUT2D eigenvalue weighted by molar-refractivity contribution is -0.0189. The largest absolute Gasteiger partial charge is 0.444 e. The van der Waals surface area contributed by atoms with Gasteiger partial charge in [0.1, 0.15) is 5.60 Å². The van der Waals surface area contributed by atoms with E-state index in [1.54, 1.807) is 0 Å². The molecule has 0 saturated heterocycles. The van der Waals surface area contributed by atoms with Gasteiger partial charge in [-0.15, -0.1) is 0 Å². The van der Waals surface area contributed by atoms with Crippen LogP contribution < -0.4 is 5.32 Å². The molecular weight excluding hydrogens is 378 g/mol. The molecule has 0 spiro atoms. The fraction of sp³-hybridized carbons (Fsp3) is 0.480. The Morgan fingerprint density at radius 2 is 1.53 bits per heavy atom. The van der Waals surface area contributed by atoms with Crippen molar-refractivity contribution in [3.05, 3.63) is 71.8 Å². The predicted molar refractivity (Wildman–Crippen MR) is 117 cm³/mol. The van der Waals surface area contributed by atoms with Crippen molar-refractivity contribution >= 4 is 6.09 Å². The molecule has 1 aliphatic rings. The topological polar surface area (TPSA) is 56.8 Å². The molecule has 0 aliphatic heterocycles. The fourth-order valence-corrected chi connectivity index (χ4v) is 3.74. The average molecular weight is 412 g/mol. The van der Waals surface area contributed by atoms with E-state index in [0.29, 0.717) is 19.8 Å². The first-order valence-electron chi connectivity index (χ1n) is 10.7.